The van der Waals surface area contributed by atoms with Gasteiger partial charge in [0.1, 0.15) is 6.54 Å². The summed E-state index contributed by atoms with van der Waals surface area (Å²) < 4.78 is 26.0. The minimum atomic E-state index is -3.51. The molecule has 0 aliphatic carbocycles. The molecule has 0 fully saturated rings. The van der Waals surface area contributed by atoms with Crippen LogP contribution in [-0.2, 0) is 19.6 Å². The van der Waals surface area contributed by atoms with Gasteiger partial charge in [-0.15, -0.1) is 0 Å². The molecule has 0 heterocycles. The summed E-state index contributed by atoms with van der Waals surface area (Å²) in [6.45, 7) is 3.86. The molecule has 1 aromatic carbocycles. The number of hydrogen-bond donors (Lipinski definition) is 2. The summed E-state index contributed by atoms with van der Waals surface area (Å²) in [4.78, 5) is 24.2. The summed E-state index contributed by atoms with van der Waals surface area (Å²) in [5.74, 6) is -1.47. The lowest BCUT2D eigenvalue weighted by Crippen LogP contribution is -2.35. The van der Waals surface area contributed by atoms with Gasteiger partial charge in [0.2, 0.25) is 15.9 Å². The van der Waals surface area contributed by atoms with E-state index in [4.69, 9.17) is 5.11 Å². The summed E-state index contributed by atoms with van der Waals surface area (Å²) in [5, 5.41) is 8.81. The van der Waals surface area contributed by atoms with Crippen LogP contribution in [0.25, 0.3) is 6.08 Å². The van der Waals surface area contributed by atoms with Crippen molar-refractivity contribution in [3.63, 3.8) is 0 Å². The smallest absolute Gasteiger partial charge is 0.323 e. The first kappa shape index (κ1) is 19.9. The fourth-order valence-electron chi connectivity index (χ4n) is 2.00. The summed E-state index contributed by atoms with van der Waals surface area (Å²) in [5.41, 5.74) is 0.644. The van der Waals surface area contributed by atoms with Gasteiger partial charge in [0.05, 0.1) is 4.90 Å². The van der Waals surface area contributed by atoms with Crippen LogP contribution in [0.5, 0.6) is 0 Å². The summed E-state index contributed by atoms with van der Waals surface area (Å²) in [7, 11) is -3.51. The molecule has 0 unspecified atom stereocenters. The second kappa shape index (κ2) is 9.19. The first-order valence-electron chi connectivity index (χ1n) is 7.58. The highest BCUT2D eigenvalue weighted by Crippen LogP contribution is 2.11. The monoisotopic (exact) mass is 354 g/mol. The molecule has 1 amide bonds. The van der Waals surface area contributed by atoms with Gasteiger partial charge in [0.25, 0.3) is 0 Å². The molecule has 0 saturated carbocycles. The van der Waals surface area contributed by atoms with Gasteiger partial charge >= 0.3 is 5.97 Å². The molecule has 0 saturated heterocycles. The Hall–Kier alpha value is -2.19. The predicted molar refractivity (Wildman–Crippen MR) is 90.8 cm³/mol. The van der Waals surface area contributed by atoms with Crippen molar-refractivity contribution in [2.24, 2.45) is 0 Å². The number of hydrogen-bond acceptors (Lipinski definition) is 4. The maximum absolute atomic E-state index is 12.0. The van der Waals surface area contributed by atoms with E-state index in [0.29, 0.717) is 25.1 Å². The zero-order chi connectivity index (χ0) is 18.2. The second-order valence-corrected chi connectivity index (χ2v) is 6.82. The second-order valence-electron chi connectivity index (χ2n) is 5.06. The number of carboxylic acids is 1. The fourth-order valence-corrected chi connectivity index (χ4v) is 3.05. The first-order chi connectivity index (χ1) is 11.3. The quantitative estimate of drug-likeness (QED) is 0.651. The van der Waals surface area contributed by atoms with Crippen molar-refractivity contribution in [1.29, 1.82) is 0 Å². The Kier molecular flexibility index (Phi) is 7.60. The highest BCUT2D eigenvalue weighted by Gasteiger charge is 2.14. The third-order valence-electron chi connectivity index (χ3n) is 3.07. The maximum Gasteiger partial charge on any atom is 0.323 e. The number of amides is 1. The molecule has 7 nitrogen and oxygen atoms in total. The van der Waals surface area contributed by atoms with E-state index in [1.165, 1.54) is 29.2 Å². The Balaban J connectivity index is 2.83. The van der Waals surface area contributed by atoms with E-state index in [0.717, 1.165) is 0 Å². The van der Waals surface area contributed by atoms with Gasteiger partial charge in [-0.3, -0.25) is 9.59 Å². The molecule has 8 heteroatoms. The van der Waals surface area contributed by atoms with Crippen LogP contribution in [0, 0.1) is 0 Å². The molecule has 0 aromatic heterocycles. The van der Waals surface area contributed by atoms with Crippen LogP contribution in [0.2, 0.25) is 0 Å². The Labute approximate surface area is 142 Å². The number of rotatable bonds is 9. The number of carboxylic acid groups (broad SMARTS) is 1. The molecule has 0 bridgehead atoms. The molecule has 1 aromatic rings. The van der Waals surface area contributed by atoms with Crippen molar-refractivity contribution in [3.05, 3.63) is 35.9 Å². The van der Waals surface area contributed by atoms with Crippen LogP contribution in [0.4, 0.5) is 0 Å². The number of benzene rings is 1. The summed E-state index contributed by atoms with van der Waals surface area (Å²) in [6, 6.07) is 6.05. The predicted octanol–water partition coefficient (Wildman–Crippen LogP) is 1.32. The average Bonchev–Trinajstić information content (AvgIpc) is 2.52. The molecule has 0 radical (unpaired) electrons. The van der Waals surface area contributed by atoms with E-state index < -0.39 is 21.9 Å². The third kappa shape index (κ3) is 6.13. The number of aliphatic carboxylic acids is 1. The number of carbonyl (C=O) groups is 2. The van der Waals surface area contributed by atoms with E-state index in [-0.39, 0.29) is 11.4 Å². The molecule has 0 spiro atoms. The number of nitrogens with one attached hydrogen (secondary N) is 1. The van der Waals surface area contributed by atoms with E-state index in [1.807, 2.05) is 6.92 Å². The molecule has 0 aliphatic rings. The Morgan fingerprint density at radius 1 is 1.21 bits per heavy atom. The van der Waals surface area contributed by atoms with Gasteiger partial charge in [-0.05, 0) is 30.2 Å². The van der Waals surface area contributed by atoms with Gasteiger partial charge in [0, 0.05) is 19.2 Å². The van der Waals surface area contributed by atoms with E-state index in [9.17, 15) is 18.0 Å². The van der Waals surface area contributed by atoms with Crippen LogP contribution < -0.4 is 4.72 Å². The van der Waals surface area contributed by atoms with Gasteiger partial charge in [-0.25, -0.2) is 13.1 Å². The minimum absolute atomic E-state index is 0.145. The summed E-state index contributed by atoms with van der Waals surface area (Å²) >= 11 is 0. The Morgan fingerprint density at radius 2 is 1.83 bits per heavy atom. The van der Waals surface area contributed by atoms with Crippen LogP contribution in [0.1, 0.15) is 25.8 Å². The molecular weight excluding hydrogens is 332 g/mol. The van der Waals surface area contributed by atoms with Crippen molar-refractivity contribution in [3.8, 4) is 0 Å². The third-order valence-corrected chi connectivity index (χ3v) is 4.64. The largest absolute Gasteiger partial charge is 0.480 e. The van der Waals surface area contributed by atoms with Gasteiger partial charge < -0.3 is 10.0 Å². The number of sulfonamides is 1. The Bertz CT molecular complexity index is 696. The molecule has 2 N–H and O–H groups in total. The highest BCUT2D eigenvalue weighted by molar-refractivity contribution is 7.89. The molecule has 24 heavy (non-hydrogen) atoms. The van der Waals surface area contributed by atoms with Crippen molar-refractivity contribution in [2.75, 3.05) is 19.6 Å². The highest BCUT2D eigenvalue weighted by atomic mass is 32.2. The van der Waals surface area contributed by atoms with Crippen LogP contribution in [0.3, 0.4) is 0 Å². The van der Waals surface area contributed by atoms with Crippen molar-refractivity contribution < 1.29 is 23.1 Å². The van der Waals surface area contributed by atoms with Crippen molar-refractivity contribution in [1.82, 2.24) is 9.62 Å². The number of nitrogens with zero attached hydrogens (tertiary/aromatic N) is 1. The molecule has 0 atom stereocenters. The summed E-state index contributed by atoms with van der Waals surface area (Å²) in [6.07, 6.45) is 3.47. The number of carbonyl (C=O) groups excluding carboxylic acids is 1. The van der Waals surface area contributed by atoms with E-state index >= 15 is 0 Å². The van der Waals surface area contributed by atoms with Crippen molar-refractivity contribution in [2.45, 2.75) is 25.2 Å². The molecule has 1 rings (SSSR count). The lowest BCUT2D eigenvalue weighted by atomic mass is 10.2. The SMILES string of the molecule is CCCN(CC(=O)O)C(=O)C=Cc1ccc(S(=O)(=O)NCC)cc1. The van der Waals surface area contributed by atoms with E-state index in [2.05, 4.69) is 4.72 Å². The zero-order valence-electron chi connectivity index (χ0n) is 13.7. The zero-order valence-corrected chi connectivity index (χ0v) is 14.5. The van der Waals surface area contributed by atoms with Crippen LogP contribution in [0.15, 0.2) is 35.2 Å². The molecular formula is C16H22N2O5S. The van der Waals surface area contributed by atoms with Crippen molar-refractivity contribution >= 4 is 28.0 Å². The van der Waals surface area contributed by atoms with Crippen LogP contribution >= 0.6 is 0 Å². The first-order valence-corrected chi connectivity index (χ1v) is 9.07. The average molecular weight is 354 g/mol. The lowest BCUT2D eigenvalue weighted by Gasteiger charge is -2.17. The van der Waals surface area contributed by atoms with Gasteiger partial charge in [-0.1, -0.05) is 26.0 Å². The minimum Gasteiger partial charge on any atom is -0.480 e. The lowest BCUT2D eigenvalue weighted by molar-refractivity contribution is -0.142. The molecule has 132 valence electrons. The standard InChI is InChI=1S/C16H22N2O5S/c1-3-11-18(12-16(20)21)15(19)10-7-13-5-8-14(9-6-13)24(22,23)17-4-2/h5-10,17H,3-4,11-12H2,1-2H3,(H,20,21). The van der Waals surface area contributed by atoms with Gasteiger partial charge in [-0.2, -0.15) is 0 Å². The van der Waals surface area contributed by atoms with Crippen LogP contribution in [-0.4, -0.2) is 49.9 Å². The topological polar surface area (TPSA) is 104 Å². The normalized spacial score (nSPS) is 11.6. The van der Waals surface area contributed by atoms with Gasteiger partial charge in [0.15, 0.2) is 0 Å². The van der Waals surface area contributed by atoms with E-state index in [1.54, 1.807) is 19.1 Å². The fraction of sp³-hybridized carbons (Fsp3) is 0.375. The Morgan fingerprint density at radius 3 is 2.33 bits per heavy atom. The molecule has 0 aliphatic heterocycles. The maximum atomic E-state index is 12.0.